The van der Waals surface area contributed by atoms with Crippen molar-refractivity contribution in [1.82, 2.24) is 14.7 Å². The predicted octanol–water partition coefficient (Wildman–Crippen LogP) is 0.541. The fourth-order valence-electron chi connectivity index (χ4n) is 8.57. The van der Waals surface area contributed by atoms with Crippen molar-refractivity contribution in [3.63, 3.8) is 0 Å². The molecular formula is C59H67N3O18S-6. The number of unbranched alkanes of at least 4 members (excludes halogenated alkanes) is 2. The number of hydrogen-bond acceptors (Lipinski definition) is 22. The highest BCUT2D eigenvalue weighted by Gasteiger charge is 2.24. The van der Waals surface area contributed by atoms with Crippen LogP contribution in [0.5, 0.6) is 28.7 Å². The summed E-state index contributed by atoms with van der Waals surface area (Å²) >= 11 is 0.612. The fraction of sp³-hybridized carbons (Fsp3) is 0.407. The van der Waals surface area contributed by atoms with E-state index in [2.05, 4.69) is 55.3 Å². The minimum atomic E-state index is -1.64. The van der Waals surface area contributed by atoms with Crippen molar-refractivity contribution in [1.29, 1.82) is 0 Å². The van der Waals surface area contributed by atoms with Crippen molar-refractivity contribution in [3.8, 4) is 28.7 Å². The van der Waals surface area contributed by atoms with Gasteiger partial charge in [0, 0.05) is 58.4 Å². The average Bonchev–Trinajstić information content (AvgIpc) is 3.46. The van der Waals surface area contributed by atoms with E-state index >= 15 is 0 Å². The normalized spacial score (nSPS) is 12.0. The Balaban J connectivity index is 1.36. The monoisotopic (exact) mass is 1140 g/mol. The molecule has 5 aromatic rings. The summed E-state index contributed by atoms with van der Waals surface area (Å²) in [6.45, 7) is 1.50. The summed E-state index contributed by atoms with van der Waals surface area (Å²) < 4.78 is 36.0. The van der Waals surface area contributed by atoms with Crippen LogP contribution in [0.2, 0.25) is 0 Å². The Bertz CT molecular complexity index is 2720. The van der Waals surface area contributed by atoms with Crippen molar-refractivity contribution >= 4 is 41.9 Å². The molecule has 0 fully saturated rings. The molecule has 0 heterocycles. The number of rotatable bonds is 41. The molecule has 0 amide bonds. The smallest absolute Gasteiger partial charge is 0.166 e. The molecule has 0 aromatic heterocycles. The minimum Gasteiger partial charge on any atom is -0.691 e. The van der Waals surface area contributed by atoms with Crippen molar-refractivity contribution in [2.24, 2.45) is 0 Å². The molecule has 5 rings (SSSR count). The van der Waals surface area contributed by atoms with Gasteiger partial charge >= 0.3 is 0 Å². The number of carboxylic acids is 5. The first-order valence-corrected chi connectivity index (χ1v) is 27.2. The molecule has 438 valence electrons. The number of ether oxygens (including phenoxy) is 5. The molecule has 2 unspecified atom stereocenters. The van der Waals surface area contributed by atoms with E-state index in [9.17, 15) is 54.8 Å². The Kier molecular flexibility index (Phi) is 27.5. The Morgan fingerprint density at radius 1 is 0.519 bits per heavy atom. The maximum atomic E-state index is 11.9. The van der Waals surface area contributed by atoms with E-state index in [0.29, 0.717) is 52.1 Å². The zero-order valence-corrected chi connectivity index (χ0v) is 46.4. The number of carbonyl (C=O) groups is 5. The third-order valence-corrected chi connectivity index (χ3v) is 13.3. The van der Waals surface area contributed by atoms with E-state index in [0.717, 1.165) is 65.0 Å². The largest absolute Gasteiger partial charge is 0.691 e. The molecule has 81 heavy (non-hydrogen) atoms. The molecule has 5 aromatic carbocycles. The Hall–Kier alpha value is -7.44. The number of aliphatic carboxylic acids is 5. The van der Waals surface area contributed by atoms with Gasteiger partial charge in [-0.1, -0.05) is 87.4 Å². The van der Waals surface area contributed by atoms with E-state index in [-0.39, 0.29) is 51.6 Å². The summed E-state index contributed by atoms with van der Waals surface area (Å²) in [7, 11) is 0. The van der Waals surface area contributed by atoms with Crippen LogP contribution in [-0.4, -0.2) is 122 Å². The molecule has 0 saturated heterocycles. The second kappa shape index (κ2) is 34.6. The second-order valence-corrected chi connectivity index (χ2v) is 20.0. The van der Waals surface area contributed by atoms with Crippen LogP contribution in [0.4, 0.5) is 0 Å². The van der Waals surface area contributed by atoms with Gasteiger partial charge in [0.05, 0.1) is 46.8 Å². The van der Waals surface area contributed by atoms with Crippen molar-refractivity contribution in [3.05, 3.63) is 143 Å². The van der Waals surface area contributed by atoms with Gasteiger partial charge in [-0.25, -0.2) is 0 Å². The lowest BCUT2D eigenvalue weighted by molar-refractivity contribution is -0.777. The third kappa shape index (κ3) is 24.4. The second-order valence-electron chi connectivity index (χ2n) is 19.2. The molecule has 0 radical (unpaired) electrons. The first kappa shape index (κ1) is 64.4. The number of carbonyl (C=O) groups excluding carboxylic acids is 5. The number of nitrogens with zero attached hydrogens (tertiary/aromatic N) is 3. The number of aryl methyl sites for hydroxylation is 3. The van der Waals surface area contributed by atoms with Crippen LogP contribution < -0.4 is 54.5 Å². The SMILES string of the molecule is CCCCc1ccc(COc2ccc(OCC(COc3ccc(OCc4ccc(CCCC)cc4)cc3SOO[O-])Oc3ccc(CC(CN(CCN(CC(=O)[O-])CC(=O)[O-])CC(=O)[O-])N(CC(=O)[O-])CC(=O)[O-])cc3)c(C)c2)cc1. The summed E-state index contributed by atoms with van der Waals surface area (Å²) in [5, 5.41) is 73.0. The van der Waals surface area contributed by atoms with Crippen LogP contribution >= 0.6 is 12.0 Å². The highest BCUT2D eigenvalue weighted by molar-refractivity contribution is 7.94. The predicted molar refractivity (Wildman–Crippen MR) is 283 cm³/mol. The first-order chi connectivity index (χ1) is 39.0. The molecule has 0 N–H and O–H groups in total. The molecule has 0 saturated carbocycles. The van der Waals surface area contributed by atoms with Crippen LogP contribution in [0, 0.1) is 6.92 Å². The van der Waals surface area contributed by atoms with Gasteiger partial charge in [-0.2, -0.15) is 4.33 Å². The van der Waals surface area contributed by atoms with Crippen molar-refractivity contribution in [2.45, 2.75) is 96.0 Å². The van der Waals surface area contributed by atoms with Gasteiger partial charge in [0.25, 0.3) is 0 Å². The van der Waals surface area contributed by atoms with Crippen molar-refractivity contribution < 1.29 is 87.8 Å². The van der Waals surface area contributed by atoms with E-state index in [1.54, 1.807) is 54.6 Å². The van der Waals surface area contributed by atoms with E-state index < -0.39 is 74.7 Å². The minimum absolute atomic E-state index is 0.0601. The standard InChI is InChI=1S/C59H73N3O18S/c1-4-6-8-42-10-14-45(15-11-42)37-74-49-22-24-52(41(3)28-49)76-39-51(40-77-53-25-23-50(30-54(53)81-80-79-73)75-38-46-16-12-43(13-17-46)9-7-5-2)78-48-20-18-44(19-21-48)29-47(62(35-58(69)70)36-59(71)72)31-60(32-55(63)64)26-27-61(33-56(65)66)34-57(67)68/h10-25,28,30,47,51,73H,4-9,26-27,29,31-40H2,1-3H3,(H,63,64)(H,65,66)(H,67,68)(H,69,70)(H,71,72)/p-6. The molecule has 2 atom stereocenters. The highest BCUT2D eigenvalue weighted by atomic mass is 32.2. The Labute approximate surface area is 475 Å². The molecule has 22 heteroatoms. The van der Waals surface area contributed by atoms with Crippen molar-refractivity contribution in [2.75, 3.05) is 65.6 Å². The topological polar surface area (TPSA) is 298 Å². The molecule has 0 spiro atoms. The van der Waals surface area contributed by atoms with Gasteiger partial charge < -0.3 is 78.4 Å². The van der Waals surface area contributed by atoms with E-state index in [1.165, 1.54) is 16.0 Å². The molecule has 0 aliphatic rings. The molecular weight excluding hydrogens is 1070 g/mol. The number of hydrogen-bond donors (Lipinski definition) is 0. The highest BCUT2D eigenvalue weighted by Crippen LogP contribution is 2.34. The van der Waals surface area contributed by atoms with Gasteiger partial charge in [0.1, 0.15) is 55.2 Å². The summed E-state index contributed by atoms with van der Waals surface area (Å²) in [5.41, 5.74) is 5.78. The van der Waals surface area contributed by atoms with Gasteiger partial charge in [-0.05, 0) is 121 Å². The maximum Gasteiger partial charge on any atom is 0.166 e. The first-order valence-electron chi connectivity index (χ1n) is 26.5. The van der Waals surface area contributed by atoms with Crippen LogP contribution in [0.15, 0.2) is 114 Å². The maximum absolute atomic E-state index is 11.9. The zero-order chi connectivity index (χ0) is 58.5. The van der Waals surface area contributed by atoms with Crippen LogP contribution in [-0.2, 0) is 65.8 Å². The molecule has 0 bridgehead atoms. The van der Waals surface area contributed by atoms with Gasteiger partial charge in [0.15, 0.2) is 6.10 Å². The lowest BCUT2D eigenvalue weighted by Crippen LogP contribution is -2.55. The lowest BCUT2D eigenvalue weighted by Gasteiger charge is -2.37. The van der Waals surface area contributed by atoms with Crippen LogP contribution in [0.3, 0.4) is 0 Å². The van der Waals surface area contributed by atoms with E-state index in [1.807, 2.05) is 25.1 Å². The quantitative estimate of drug-likeness (QED) is 0.0293. The fourth-order valence-corrected chi connectivity index (χ4v) is 9.04. The van der Waals surface area contributed by atoms with E-state index in [4.69, 9.17) is 28.0 Å². The zero-order valence-electron chi connectivity index (χ0n) is 45.6. The molecule has 0 aliphatic carbocycles. The Morgan fingerprint density at radius 2 is 0.963 bits per heavy atom. The molecule has 21 nitrogen and oxygen atoms in total. The summed E-state index contributed by atoms with van der Waals surface area (Å²) in [4.78, 5) is 61.9. The lowest BCUT2D eigenvalue weighted by atomic mass is 10.0. The Morgan fingerprint density at radius 3 is 1.46 bits per heavy atom. The molecule has 0 aliphatic heterocycles. The number of benzene rings is 5. The average molecular weight is 1140 g/mol. The third-order valence-electron chi connectivity index (χ3n) is 12.7. The number of carboxylic acid groups (broad SMARTS) is 5. The van der Waals surface area contributed by atoms with Gasteiger partial charge in [0.2, 0.25) is 0 Å². The summed E-state index contributed by atoms with van der Waals surface area (Å²) in [6, 6.07) is 32.3. The van der Waals surface area contributed by atoms with Gasteiger partial charge in [-0.15, -0.1) is 0 Å². The summed E-state index contributed by atoms with van der Waals surface area (Å²) in [6.07, 6.45) is 5.54. The van der Waals surface area contributed by atoms with Crippen LogP contribution in [0.1, 0.15) is 72.9 Å². The van der Waals surface area contributed by atoms with Crippen LogP contribution in [0.25, 0.3) is 0 Å². The summed E-state index contributed by atoms with van der Waals surface area (Å²) in [5.74, 6) is -5.85. The van der Waals surface area contributed by atoms with Gasteiger partial charge in [-0.3, -0.25) is 19.7 Å².